The quantitative estimate of drug-likeness (QED) is 0.592. The molecule has 0 saturated heterocycles. The van der Waals surface area contributed by atoms with Crippen LogP contribution in [0.5, 0.6) is 5.75 Å². The van der Waals surface area contributed by atoms with Crippen molar-refractivity contribution in [3.8, 4) is 5.75 Å². The molecular weight excluding hydrogens is 143 g/mol. The van der Waals surface area contributed by atoms with Crippen molar-refractivity contribution in [1.29, 1.82) is 0 Å². The zero-order valence-corrected chi connectivity index (χ0v) is 6.77. The predicted octanol–water partition coefficient (Wildman–Crippen LogP) is 2.67. The van der Waals surface area contributed by atoms with Gasteiger partial charge in [0.15, 0.2) is 0 Å². The van der Waals surface area contributed by atoms with Gasteiger partial charge in [-0.1, -0.05) is 17.7 Å². The molecule has 0 aliphatic rings. The second-order valence-corrected chi connectivity index (χ2v) is 2.47. The van der Waals surface area contributed by atoms with Gasteiger partial charge in [-0.15, -0.1) is 0 Å². The smallest absolute Gasteiger partial charge is 0.131 e. The third-order valence-electron chi connectivity index (χ3n) is 1.19. The monoisotopic (exact) mass is 152 g/mol. The molecule has 0 amide bonds. The molecule has 52 valence electrons. The van der Waals surface area contributed by atoms with E-state index in [1.807, 2.05) is 31.2 Å². The Morgan fingerprint density at radius 1 is 1.30 bits per heavy atom. The van der Waals surface area contributed by atoms with Gasteiger partial charge < -0.3 is 4.52 Å². The molecule has 0 bridgehead atoms. The molecule has 0 aliphatic heterocycles. The molecule has 0 spiro atoms. The molecule has 0 aliphatic carbocycles. The van der Waals surface area contributed by atoms with E-state index in [9.17, 15) is 0 Å². The minimum absolute atomic E-state index is 0.696. The summed E-state index contributed by atoms with van der Waals surface area (Å²) in [6.45, 7) is 2.05. The van der Waals surface area contributed by atoms with Gasteiger partial charge in [0.05, 0.1) is 0 Å². The zero-order valence-electron chi connectivity index (χ0n) is 5.87. The summed E-state index contributed by atoms with van der Waals surface area (Å²) in [6, 6.07) is 7.90. The average molecular weight is 152 g/mol. The lowest BCUT2D eigenvalue weighted by Gasteiger charge is -1.96. The molecule has 1 aromatic carbocycles. The van der Waals surface area contributed by atoms with Crippen LogP contribution in [0.4, 0.5) is 0 Å². The maximum Gasteiger partial charge on any atom is 0.131 e. The van der Waals surface area contributed by atoms with Crippen LogP contribution in [0, 0.1) is 6.92 Å². The van der Waals surface area contributed by atoms with E-state index < -0.39 is 0 Å². The first kappa shape index (κ1) is 7.30. The number of rotatable bonds is 2. The van der Waals surface area contributed by atoms with Crippen LogP contribution in [0.3, 0.4) is 0 Å². The van der Waals surface area contributed by atoms with Crippen LogP contribution >= 0.6 is 8.43 Å². The maximum absolute atomic E-state index is 5.12. The van der Waals surface area contributed by atoms with E-state index in [-0.39, 0.29) is 0 Å². The summed E-state index contributed by atoms with van der Waals surface area (Å²) in [5.74, 6) is 0.877. The van der Waals surface area contributed by atoms with Crippen LogP contribution in [0.25, 0.3) is 0 Å². The van der Waals surface area contributed by atoms with Crippen LogP contribution < -0.4 is 4.52 Å². The highest BCUT2D eigenvalue weighted by atomic mass is 31.1. The fraction of sp³-hybridized carbons (Fsp3) is 0.125. The summed E-state index contributed by atoms with van der Waals surface area (Å²) in [4.78, 5) is 0. The Labute approximate surface area is 62.5 Å². The van der Waals surface area contributed by atoms with Crippen molar-refractivity contribution in [1.82, 2.24) is 0 Å². The van der Waals surface area contributed by atoms with Crippen molar-refractivity contribution in [2.45, 2.75) is 6.92 Å². The fourth-order valence-corrected chi connectivity index (χ4v) is 0.944. The largest absolute Gasteiger partial charge is 0.440 e. The summed E-state index contributed by atoms with van der Waals surface area (Å²) < 4.78 is 5.12. The van der Waals surface area contributed by atoms with E-state index in [4.69, 9.17) is 4.52 Å². The van der Waals surface area contributed by atoms with Gasteiger partial charge in [-0.2, -0.15) is 0 Å². The van der Waals surface area contributed by atoms with E-state index in [0.717, 1.165) is 5.75 Å². The lowest BCUT2D eigenvalue weighted by Crippen LogP contribution is -1.74. The lowest BCUT2D eigenvalue weighted by atomic mass is 10.2. The Kier molecular flexibility index (Phi) is 2.47. The van der Waals surface area contributed by atoms with Crippen LogP contribution in [-0.4, -0.2) is 6.30 Å². The molecule has 0 radical (unpaired) electrons. The second kappa shape index (κ2) is 3.38. The SMILES string of the molecule is C=POc1ccc(C)cc1. The molecule has 0 fully saturated rings. The Balaban J connectivity index is 2.78. The van der Waals surface area contributed by atoms with Gasteiger partial charge in [-0.05, 0) is 25.4 Å². The Bertz CT molecular complexity index is 215. The van der Waals surface area contributed by atoms with Gasteiger partial charge >= 0.3 is 0 Å². The van der Waals surface area contributed by atoms with Gasteiger partial charge in [0.1, 0.15) is 14.2 Å². The normalized spacial score (nSPS) is 9.70. The van der Waals surface area contributed by atoms with E-state index in [0.29, 0.717) is 8.43 Å². The number of benzene rings is 1. The highest BCUT2D eigenvalue weighted by molar-refractivity contribution is 7.31. The van der Waals surface area contributed by atoms with E-state index in [2.05, 4.69) is 6.30 Å². The first-order valence-electron chi connectivity index (χ1n) is 3.02. The third-order valence-corrected chi connectivity index (χ3v) is 1.53. The fourth-order valence-electron chi connectivity index (χ4n) is 0.674. The van der Waals surface area contributed by atoms with E-state index in [1.165, 1.54) is 5.56 Å². The second-order valence-electron chi connectivity index (χ2n) is 2.03. The molecule has 0 unspecified atom stereocenters. The van der Waals surface area contributed by atoms with Crippen LogP contribution in [-0.2, 0) is 0 Å². The molecule has 1 aromatic rings. The van der Waals surface area contributed by atoms with Crippen molar-refractivity contribution in [2.75, 3.05) is 0 Å². The van der Waals surface area contributed by atoms with Gasteiger partial charge in [-0.25, -0.2) is 0 Å². The van der Waals surface area contributed by atoms with Gasteiger partial charge in [0.2, 0.25) is 0 Å². The van der Waals surface area contributed by atoms with Crippen molar-refractivity contribution < 1.29 is 4.52 Å². The highest BCUT2D eigenvalue weighted by Gasteiger charge is 1.87. The summed E-state index contributed by atoms with van der Waals surface area (Å²) >= 11 is 0. The minimum atomic E-state index is 0.696. The average Bonchev–Trinajstić information content (AvgIpc) is 1.95. The topological polar surface area (TPSA) is 9.23 Å². The number of hydrogen-bond acceptors (Lipinski definition) is 1. The van der Waals surface area contributed by atoms with Gasteiger partial charge in [-0.3, -0.25) is 0 Å². The number of aryl methyl sites for hydroxylation is 1. The van der Waals surface area contributed by atoms with Gasteiger partial charge in [0, 0.05) is 0 Å². The lowest BCUT2D eigenvalue weighted by molar-refractivity contribution is 0.643. The summed E-state index contributed by atoms with van der Waals surface area (Å²) in [7, 11) is 0.696. The standard InChI is InChI=1S/C8H9OP/c1-7-3-5-8(6-4-7)9-10-2/h3-6H,2H2,1H3. The molecule has 0 aromatic heterocycles. The van der Waals surface area contributed by atoms with E-state index >= 15 is 0 Å². The summed E-state index contributed by atoms with van der Waals surface area (Å²) in [5.41, 5.74) is 1.24. The molecular formula is C8H9OP. The Morgan fingerprint density at radius 2 is 1.90 bits per heavy atom. The van der Waals surface area contributed by atoms with Crippen molar-refractivity contribution in [2.24, 2.45) is 0 Å². The highest BCUT2D eigenvalue weighted by Crippen LogP contribution is 2.14. The van der Waals surface area contributed by atoms with Crippen molar-refractivity contribution >= 4 is 14.7 Å². The zero-order chi connectivity index (χ0) is 7.40. The van der Waals surface area contributed by atoms with E-state index in [1.54, 1.807) is 0 Å². The van der Waals surface area contributed by atoms with Crippen molar-refractivity contribution in [3.05, 3.63) is 29.8 Å². The van der Waals surface area contributed by atoms with Crippen LogP contribution in [0.2, 0.25) is 0 Å². The van der Waals surface area contributed by atoms with Gasteiger partial charge in [0.25, 0.3) is 0 Å². The minimum Gasteiger partial charge on any atom is -0.440 e. The third kappa shape index (κ3) is 1.85. The molecule has 0 atom stereocenters. The molecule has 0 heterocycles. The Morgan fingerprint density at radius 3 is 2.40 bits per heavy atom. The molecule has 0 saturated carbocycles. The van der Waals surface area contributed by atoms with Crippen molar-refractivity contribution in [3.63, 3.8) is 0 Å². The van der Waals surface area contributed by atoms with Crippen LogP contribution in [0.1, 0.15) is 5.56 Å². The van der Waals surface area contributed by atoms with Crippen LogP contribution in [0.15, 0.2) is 24.3 Å². The molecule has 10 heavy (non-hydrogen) atoms. The predicted molar refractivity (Wildman–Crippen MR) is 45.8 cm³/mol. The maximum atomic E-state index is 5.12. The molecule has 0 N–H and O–H groups in total. The molecule has 1 rings (SSSR count). The molecule has 1 nitrogen and oxygen atoms in total. The summed E-state index contributed by atoms with van der Waals surface area (Å²) in [6.07, 6.45) is 3.55. The first-order valence-corrected chi connectivity index (χ1v) is 4.02. The number of hydrogen-bond donors (Lipinski definition) is 0. The Hall–Kier alpha value is -0.810. The molecule has 2 heteroatoms. The first-order chi connectivity index (χ1) is 4.83. The summed E-state index contributed by atoms with van der Waals surface area (Å²) in [5, 5.41) is 0.